The number of hydrogen-bond acceptors (Lipinski definition) is 5. The zero-order valence-electron chi connectivity index (χ0n) is 17.8. The fraction of sp³-hybridized carbons (Fsp3) is 0.478. The van der Waals surface area contributed by atoms with Gasteiger partial charge >= 0.3 is 0 Å². The van der Waals surface area contributed by atoms with Crippen molar-refractivity contribution in [3.8, 4) is 6.07 Å². The molecule has 2 aliphatic rings. The molecular formula is C23H27N3O3S2. The van der Waals surface area contributed by atoms with Gasteiger partial charge in [0.1, 0.15) is 11.1 Å². The van der Waals surface area contributed by atoms with Crippen molar-refractivity contribution in [3.63, 3.8) is 0 Å². The largest absolute Gasteiger partial charge is 0.312 e. The average Bonchev–Trinajstić information content (AvgIpc) is 3.10. The molecule has 0 bridgehead atoms. The first kappa shape index (κ1) is 22.0. The molecule has 0 unspecified atom stereocenters. The van der Waals surface area contributed by atoms with Crippen LogP contribution in [0.5, 0.6) is 0 Å². The molecule has 2 aromatic rings. The highest BCUT2D eigenvalue weighted by Gasteiger charge is 2.31. The number of aryl methyl sites for hydroxylation is 1. The maximum atomic E-state index is 13.0. The Morgan fingerprint density at radius 1 is 1.13 bits per heavy atom. The van der Waals surface area contributed by atoms with Crippen LogP contribution < -0.4 is 5.32 Å². The Kier molecular flexibility index (Phi) is 6.20. The Bertz CT molecular complexity index is 1120. The molecule has 0 spiro atoms. The normalized spacial score (nSPS) is 21.8. The summed E-state index contributed by atoms with van der Waals surface area (Å²) in [5, 5.41) is 13.0. The van der Waals surface area contributed by atoms with Crippen molar-refractivity contribution in [2.24, 2.45) is 11.8 Å². The SMILES string of the molecule is C[C@H]1C[C@H](C)CN(S(=O)(=O)c2ccc(C(=O)Nc3sc4c(c3C#N)CCCC4)cc2)C1. The van der Waals surface area contributed by atoms with Gasteiger partial charge in [0, 0.05) is 23.5 Å². The number of sulfonamides is 1. The number of rotatable bonds is 4. The number of nitrogens with one attached hydrogen (secondary N) is 1. The van der Waals surface area contributed by atoms with E-state index in [1.54, 1.807) is 16.4 Å². The molecule has 1 aliphatic heterocycles. The summed E-state index contributed by atoms with van der Waals surface area (Å²) in [6, 6.07) is 8.32. The van der Waals surface area contributed by atoms with Gasteiger partial charge in [0.15, 0.2) is 0 Å². The summed E-state index contributed by atoms with van der Waals surface area (Å²) in [5.74, 6) is 0.323. The van der Waals surface area contributed by atoms with Crippen LogP contribution in [0.3, 0.4) is 0 Å². The molecule has 1 amide bonds. The summed E-state index contributed by atoms with van der Waals surface area (Å²) in [4.78, 5) is 14.2. The number of nitrogens with zero attached hydrogens (tertiary/aromatic N) is 2. The van der Waals surface area contributed by atoms with Gasteiger partial charge in [0.2, 0.25) is 10.0 Å². The first-order valence-corrected chi connectivity index (χ1v) is 13.0. The number of carbonyl (C=O) groups is 1. The summed E-state index contributed by atoms with van der Waals surface area (Å²) in [7, 11) is -3.58. The van der Waals surface area contributed by atoms with E-state index in [4.69, 9.17) is 0 Å². The Morgan fingerprint density at radius 2 is 1.77 bits per heavy atom. The Hall–Kier alpha value is -2.21. The molecule has 8 heteroatoms. The lowest BCUT2D eigenvalue weighted by Crippen LogP contribution is -2.42. The van der Waals surface area contributed by atoms with E-state index in [0.717, 1.165) is 37.7 Å². The molecule has 164 valence electrons. The lowest BCUT2D eigenvalue weighted by Gasteiger charge is -2.34. The number of piperidine rings is 1. The van der Waals surface area contributed by atoms with Crippen molar-refractivity contribution >= 4 is 32.3 Å². The number of fused-ring (bicyclic) bond motifs is 1. The van der Waals surface area contributed by atoms with Gasteiger partial charge in [0.25, 0.3) is 5.91 Å². The number of benzene rings is 1. The third-order valence-corrected chi connectivity index (χ3v) is 9.15. The van der Waals surface area contributed by atoms with E-state index < -0.39 is 10.0 Å². The smallest absolute Gasteiger partial charge is 0.256 e. The molecule has 6 nitrogen and oxygen atoms in total. The third kappa shape index (κ3) is 4.40. The van der Waals surface area contributed by atoms with Crippen LogP contribution in [0.4, 0.5) is 5.00 Å². The molecule has 2 atom stereocenters. The molecule has 1 aromatic heterocycles. The maximum absolute atomic E-state index is 13.0. The fourth-order valence-corrected chi connectivity index (χ4v) is 7.59. The van der Waals surface area contributed by atoms with E-state index in [-0.39, 0.29) is 10.8 Å². The Morgan fingerprint density at radius 3 is 2.42 bits per heavy atom. The zero-order chi connectivity index (χ0) is 22.2. The molecule has 1 saturated heterocycles. The van der Waals surface area contributed by atoms with Crippen LogP contribution in [0, 0.1) is 23.2 Å². The zero-order valence-corrected chi connectivity index (χ0v) is 19.5. The predicted molar refractivity (Wildman–Crippen MR) is 122 cm³/mol. The van der Waals surface area contributed by atoms with Crippen molar-refractivity contribution in [2.45, 2.75) is 50.8 Å². The van der Waals surface area contributed by atoms with E-state index in [2.05, 4.69) is 25.2 Å². The highest BCUT2D eigenvalue weighted by Crippen LogP contribution is 2.37. The lowest BCUT2D eigenvalue weighted by molar-refractivity contribution is 0.102. The van der Waals surface area contributed by atoms with Crippen molar-refractivity contribution < 1.29 is 13.2 Å². The van der Waals surface area contributed by atoms with Crippen LogP contribution in [0.1, 0.15) is 59.5 Å². The van der Waals surface area contributed by atoms with Crippen LogP contribution in [-0.4, -0.2) is 31.7 Å². The summed E-state index contributed by atoms with van der Waals surface area (Å²) in [6.45, 7) is 5.19. The third-order valence-electron chi connectivity index (χ3n) is 6.10. The number of thiophene rings is 1. The molecule has 4 rings (SSSR count). The molecule has 1 aliphatic carbocycles. The molecular weight excluding hydrogens is 430 g/mol. The van der Waals surface area contributed by atoms with Crippen LogP contribution in [0.2, 0.25) is 0 Å². The average molecular weight is 458 g/mol. The van der Waals surface area contributed by atoms with E-state index >= 15 is 0 Å². The first-order valence-electron chi connectivity index (χ1n) is 10.8. The van der Waals surface area contributed by atoms with Gasteiger partial charge in [-0.2, -0.15) is 9.57 Å². The fourth-order valence-electron chi connectivity index (χ4n) is 4.68. The van der Waals surface area contributed by atoms with E-state index in [1.807, 2.05) is 0 Å². The van der Waals surface area contributed by atoms with Gasteiger partial charge in [-0.1, -0.05) is 13.8 Å². The predicted octanol–water partition coefficient (Wildman–Crippen LogP) is 4.42. The van der Waals surface area contributed by atoms with Gasteiger partial charge in [-0.15, -0.1) is 11.3 Å². The Balaban J connectivity index is 1.52. The van der Waals surface area contributed by atoms with Crippen LogP contribution in [-0.2, 0) is 22.9 Å². The van der Waals surface area contributed by atoms with Crippen molar-refractivity contribution in [2.75, 3.05) is 18.4 Å². The molecule has 31 heavy (non-hydrogen) atoms. The molecule has 1 N–H and O–H groups in total. The molecule has 0 saturated carbocycles. The summed E-state index contributed by atoms with van der Waals surface area (Å²) in [6.07, 6.45) is 5.03. The van der Waals surface area contributed by atoms with Gasteiger partial charge < -0.3 is 5.32 Å². The molecule has 1 aromatic carbocycles. The molecule has 2 heterocycles. The van der Waals surface area contributed by atoms with E-state index in [9.17, 15) is 18.5 Å². The number of anilines is 1. The topological polar surface area (TPSA) is 90.3 Å². The second kappa shape index (κ2) is 8.73. The van der Waals surface area contributed by atoms with Crippen LogP contribution >= 0.6 is 11.3 Å². The molecule has 1 fully saturated rings. The minimum absolute atomic E-state index is 0.203. The van der Waals surface area contributed by atoms with Gasteiger partial charge in [-0.25, -0.2) is 8.42 Å². The first-order chi connectivity index (χ1) is 14.8. The van der Waals surface area contributed by atoms with Gasteiger partial charge in [-0.3, -0.25) is 4.79 Å². The highest BCUT2D eigenvalue weighted by molar-refractivity contribution is 7.89. The highest BCUT2D eigenvalue weighted by atomic mass is 32.2. The van der Waals surface area contributed by atoms with E-state index in [0.29, 0.717) is 41.1 Å². The summed E-state index contributed by atoms with van der Waals surface area (Å²) >= 11 is 1.48. The van der Waals surface area contributed by atoms with Crippen LogP contribution in [0.15, 0.2) is 29.2 Å². The monoisotopic (exact) mass is 457 g/mol. The minimum atomic E-state index is -3.58. The number of hydrogen-bond donors (Lipinski definition) is 1. The van der Waals surface area contributed by atoms with Crippen molar-refractivity contribution in [1.82, 2.24) is 4.31 Å². The number of amides is 1. The van der Waals surface area contributed by atoms with Crippen molar-refractivity contribution in [1.29, 1.82) is 5.26 Å². The summed E-state index contributed by atoms with van der Waals surface area (Å²) < 4.78 is 27.6. The maximum Gasteiger partial charge on any atom is 0.256 e. The number of nitriles is 1. The lowest BCUT2D eigenvalue weighted by atomic mass is 9.94. The standard InChI is InChI=1S/C23H27N3O3S2/c1-15-11-16(2)14-26(13-15)31(28,29)18-9-7-17(8-10-18)22(27)25-23-20(12-24)19-5-3-4-6-21(19)30-23/h7-10,15-16H,3-6,11,13-14H2,1-2H3,(H,25,27)/t15-,16-/m0/s1. The van der Waals surface area contributed by atoms with E-state index in [1.165, 1.54) is 28.3 Å². The summed E-state index contributed by atoms with van der Waals surface area (Å²) in [5.41, 5.74) is 2.01. The second-order valence-electron chi connectivity index (χ2n) is 8.77. The molecule has 0 radical (unpaired) electrons. The number of carbonyl (C=O) groups excluding carboxylic acids is 1. The Labute approximate surface area is 187 Å². The van der Waals surface area contributed by atoms with Gasteiger partial charge in [-0.05, 0) is 73.8 Å². The second-order valence-corrected chi connectivity index (χ2v) is 11.8. The minimum Gasteiger partial charge on any atom is -0.312 e. The van der Waals surface area contributed by atoms with Crippen LogP contribution in [0.25, 0.3) is 0 Å². The quantitative estimate of drug-likeness (QED) is 0.736. The van der Waals surface area contributed by atoms with Crippen molar-refractivity contribution in [3.05, 3.63) is 45.8 Å². The van der Waals surface area contributed by atoms with Gasteiger partial charge in [0.05, 0.1) is 10.5 Å².